The molecule has 1 aromatic carbocycles. The fourth-order valence-corrected chi connectivity index (χ4v) is 4.43. The highest BCUT2D eigenvalue weighted by atomic mass is 35.5. The number of aromatic nitrogens is 2. The number of imidazole rings is 1. The number of rotatable bonds is 18. The molecule has 0 amide bonds. The Hall–Kier alpha value is -1.02. The number of benzene rings is 1. The lowest BCUT2D eigenvalue weighted by atomic mass is 10.1. The topological polar surface area (TPSA) is 8.81 Å². The second-order valence-electron chi connectivity index (χ2n) is 8.94. The SMILES string of the molecule is CCCCCCCCCCn1c[n+](CCCCCCCCCC)c2ccccc21.[Cl-]. The van der Waals surface area contributed by atoms with Gasteiger partial charge < -0.3 is 12.4 Å². The maximum atomic E-state index is 2.50. The van der Waals surface area contributed by atoms with Crippen molar-refractivity contribution < 1.29 is 17.0 Å². The lowest BCUT2D eigenvalue weighted by Gasteiger charge is -2.01. The summed E-state index contributed by atoms with van der Waals surface area (Å²) < 4.78 is 4.99. The molecule has 0 aliphatic carbocycles. The monoisotopic (exact) mass is 434 g/mol. The zero-order chi connectivity index (χ0) is 20.6. The maximum absolute atomic E-state index is 2.50. The first-order chi connectivity index (χ1) is 14.4. The predicted octanol–water partition coefficient (Wildman–Crippen LogP) is 5.21. The number of aryl methyl sites for hydroxylation is 2. The zero-order valence-corrected chi connectivity index (χ0v) is 20.6. The van der Waals surface area contributed by atoms with Crippen LogP contribution in [0.1, 0.15) is 117 Å². The third kappa shape index (κ3) is 10.3. The predicted molar refractivity (Wildman–Crippen MR) is 127 cm³/mol. The van der Waals surface area contributed by atoms with Gasteiger partial charge in [0.05, 0.1) is 13.1 Å². The van der Waals surface area contributed by atoms with Crippen LogP contribution >= 0.6 is 0 Å². The molecular formula is C27H47ClN2. The van der Waals surface area contributed by atoms with Gasteiger partial charge in [0.15, 0.2) is 11.0 Å². The molecule has 2 aromatic rings. The van der Waals surface area contributed by atoms with Crippen molar-refractivity contribution in [2.45, 2.75) is 130 Å². The van der Waals surface area contributed by atoms with Crippen molar-refractivity contribution in [1.29, 1.82) is 0 Å². The lowest BCUT2D eigenvalue weighted by Crippen LogP contribution is -3.00. The maximum Gasteiger partial charge on any atom is 0.244 e. The van der Waals surface area contributed by atoms with Crippen LogP contribution in [-0.2, 0) is 13.1 Å². The van der Waals surface area contributed by atoms with Crippen LogP contribution in [0.25, 0.3) is 11.0 Å². The number of unbranched alkanes of at least 4 members (excludes halogenated alkanes) is 14. The first kappa shape index (κ1) is 27.0. The highest BCUT2D eigenvalue weighted by molar-refractivity contribution is 5.71. The van der Waals surface area contributed by atoms with Crippen LogP contribution < -0.4 is 17.0 Å². The normalized spacial score (nSPS) is 11.1. The van der Waals surface area contributed by atoms with Crippen molar-refractivity contribution in [1.82, 2.24) is 4.57 Å². The molecular weight excluding hydrogens is 388 g/mol. The van der Waals surface area contributed by atoms with E-state index in [-0.39, 0.29) is 12.4 Å². The first-order valence-corrected chi connectivity index (χ1v) is 12.8. The molecule has 172 valence electrons. The average Bonchev–Trinajstić information content (AvgIpc) is 3.10. The van der Waals surface area contributed by atoms with Crippen LogP contribution in [0, 0.1) is 0 Å². The summed E-state index contributed by atoms with van der Waals surface area (Å²) in [5.41, 5.74) is 2.82. The molecule has 0 saturated heterocycles. The Morgan fingerprint density at radius 1 is 0.633 bits per heavy atom. The number of halogens is 1. The molecule has 0 atom stereocenters. The molecule has 0 saturated carbocycles. The molecule has 1 heterocycles. The highest BCUT2D eigenvalue weighted by Crippen LogP contribution is 2.15. The van der Waals surface area contributed by atoms with Crippen LogP contribution in [-0.4, -0.2) is 4.57 Å². The summed E-state index contributed by atoms with van der Waals surface area (Å²) in [6, 6.07) is 8.97. The average molecular weight is 435 g/mol. The minimum atomic E-state index is 0. The summed E-state index contributed by atoms with van der Waals surface area (Å²) in [5.74, 6) is 0. The number of para-hydroxylation sites is 2. The van der Waals surface area contributed by atoms with Crippen molar-refractivity contribution in [3.8, 4) is 0 Å². The van der Waals surface area contributed by atoms with Gasteiger partial charge in [0.1, 0.15) is 0 Å². The zero-order valence-electron chi connectivity index (χ0n) is 19.9. The molecule has 0 unspecified atom stereocenters. The van der Waals surface area contributed by atoms with Gasteiger partial charge in [-0.05, 0) is 37.8 Å². The number of hydrogen-bond donors (Lipinski definition) is 0. The van der Waals surface area contributed by atoms with E-state index in [9.17, 15) is 0 Å². The first-order valence-electron chi connectivity index (χ1n) is 12.8. The Kier molecular flexibility index (Phi) is 15.9. The minimum Gasteiger partial charge on any atom is -1.00 e. The molecule has 0 spiro atoms. The van der Waals surface area contributed by atoms with Crippen molar-refractivity contribution in [2.75, 3.05) is 0 Å². The van der Waals surface area contributed by atoms with E-state index < -0.39 is 0 Å². The van der Waals surface area contributed by atoms with E-state index in [2.05, 4.69) is 53.6 Å². The second-order valence-corrected chi connectivity index (χ2v) is 8.94. The van der Waals surface area contributed by atoms with E-state index >= 15 is 0 Å². The van der Waals surface area contributed by atoms with Gasteiger partial charge >= 0.3 is 0 Å². The van der Waals surface area contributed by atoms with Crippen molar-refractivity contribution in [2.24, 2.45) is 0 Å². The van der Waals surface area contributed by atoms with Crippen LogP contribution in [0.2, 0.25) is 0 Å². The van der Waals surface area contributed by atoms with Crippen molar-refractivity contribution >= 4 is 11.0 Å². The van der Waals surface area contributed by atoms with E-state index in [1.54, 1.807) is 0 Å². The molecule has 0 aliphatic heterocycles. The molecule has 0 N–H and O–H groups in total. The Morgan fingerprint density at radius 3 is 1.73 bits per heavy atom. The van der Waals surface area contributed by atoms with Gasteiger partial charge in [-0.25, -0.2) is 9.13 Å². The standard InChI is InChI=1S/C27H47N2.ClH/c1-3-5-7-9-11-13-15-19-23-28-25-29(27-22-18-17-21-26(27)28)24-20-16-14-12-10-8-6-4-2;/h17-18,21-22,25H,3-16,19-20,23-24H2,1-2H3;1H/q+1;/p-1. The summed E-state index contributed by atoms with van der Waals surface area (Å²) in [6.45, 7) is 6.92. The Labute approximate surface area is 192 Å². The Balaban J connectivity index is 0.00000450. The highest BCUT2D eigenvalue weighted by Gasteiger charge is 2.14. The minimum absolute atomic E-state index is 0. The van der Waals surface area contributed by atoms with Crippen molar-refractivity contribution in [3.63, 3.8) is 0 Å². The van der Waals surface area contributed by atoms with Crippen LogP contribution in [0.5, 0.6) is 0 Å². The fourth-order valence-electron chi connectivity index (χ4n) is 4.43. The van der Waals surface area contributed by atoms with Gasteiger partial charge in [-0.3, -0.25) is 0 Å². The second kappa shape index (κ2) is 17.6. The molecule has 2 nitrogen and oxygen atoms in total. The quantitative estimate of drug-likeness (QED) is 0.225. The smallest absolute Gasteiger partial charge is 0.244 e. The Bertz CT molecular complexity index is 595. The molecule has 0 radical (unpaired) electrons. The summed E-state index contributed by atoms with van der Waals surface area (Å²) >= 11 is 0. The van der Waals surface area contributed by atoms with Gasteiger partial charge in [0.25, 0.3) is 0 Å². The summed E-state index contributed by atoms with van der Waals surface area (Å²) in [5, 5.41) is 0. The summed E-state index contributed by atoms with van der Waals surface area (Å²) in [6.07, 6.45) is 24.6. The summed E-state index contributed by atoms with van der Waals surface area (Å²) in [7, 11) is 0. The number of fused-ring (bicyclic) bond motifs is 1. The molecule has 0 aliphatic rings. The van der Waals surface area contributed by atoms with E-state index in [1.807, 2.05) is 0 Å². The molecule has 1 aromatic heterocycles. The van der Waals surface area contributed by atoms with E-state index in [0.29, 0.717) is 0 Å². The molecule has 3 heteroatoms. The third-order valence-electron chi connectivity index (χ3n) is 6.28. The van der Waals surface area contributed by atoms with Crippen LogP contribution in [0.3, 0.4) is 0 Å². The van der Waals surface area contributed by atoms with Gasteiger partial charge in [-0.1, -0.05) is 103 Å². The van der Waals surface area contributed by atoms with E-state index in [1.165, 1.54) is 127 Å². The van der Waals surface area contributed by atoms with Gasteiger partial charge in [-0.15, -0.1) is 0 Å². The van der Waals surface area contributed by atoms with Crippen LogP contribution in [0.15, 0.2) is 30.6 Å². The summed E-state index contributed by atoms with van der Waals surface area (Å²) in [4.78, 5) is 0. The van der Waals surface area contributed by atoms with Gasteiger partial charge in [0, 0.05) is 0 Å². The third-order valence-corrected chi connectivity index (χ3v) is 6.28. The van der Waals surface area contributed by atoms with Crippen molar-refractivity contribution in [3.05, 3.63) is 30.6 Å². The van der Waals surface area contributed by atoms with Gasteiger partial charge in [0.2, 0.25) is 6.33 Å². The largest absolute Gasteiger partial charge is 1.00 e. The van der Waals surface area contributed by atoms with Crippen LogP contribution in [0.4, 0.5) is 0 Å². The molecule has 30 heavy (non-hydrogen) atoms. The van der Waals surface area contributed by atoms with E-state index in [4.69, 9.17) is 0 Å². The Morgan fingerprint density at radius 2 is 1.13 bits per heavy atom. The fraction of sp³-hybridized carbons (Fsp3) is 0.741. The number of nitrogens with zero attached hydrogens (tertiary/aromatic N) is 2. The molecule has 2 rings (SSSR count). The van der Waals surface area contributed by atoms with E-state index in [0.717, 1.165) is 0 Å². The number of hydrogen-bond acceptors (Lipinski definition) is 0. The molecule has 0 bridgehead atoms. The lowest BCUT2D eigenvalue weighted by molar-refractivity contribution is -0.672. The van der Waals surface area contributed by atoms with Gasteiger partial charge in [-0.2, -0.15) is 0 Å². The molecule has 0 fully saturated rings.